The third-order valence-corrected chi connectivity index (χ3v) is 8.21. The van der Waals surface area contributed by atoms with Gasteiger partial charge < -0.3 is 4.57 Å². The lowest BCUT2D eigenvalue weighted by Crippen LogP contribution is -1.96. The lowest BCUT2D eigenvalue weighted by molar-refractivity contribution is 1.18. The van der Waals surface area contributed by atoms with Gasteiger partial charge in [0.15, 0.2) is 0 Å². The summed E-state index contributed by atoms with van der Waals surface area (Å²) in [4.78, 5) is 4.96. The van der Waals surface area contributed by atoms with Crippen LogP contribution in [0.25, 0.3) is 65.9 Å². The number of benzene rings is 5. The van der Waals surface area contributed by atoms with Gasteiger partial charge in [-0.05, 0) is 51.9 Å². The second-order valence-electron chi connectivity index (χ2n) is 10.0. The fraction of sp³-hybridized carbons (Fsp3) is 0.0294. The van der Waals surface area contributed by atoms with E-state index in [-0.39, 0.29) is 0 Å². The highest BCUT2D eigenvalue weighted by Crippen LogP contribution is 2.45. The molecule has 9 rings (SSSR count). The van der Waals surface area contributed by atoms with Crippen LogP contribution in [0, 0.1) is 0 Å². The highest BCUT2D eigenvalue weighted by Gasteiger charge is 2.24. The van der Waals surface area contributed by atoms with Gasteiger partial charge in [-0.1, -0.05) is 78.9 Å². The predicted octanol–water partition coefficient (Wildman–Crippen LogP) is 8.31. The van der Waals surface area contributed by atoms with Gasteiger partial charge in [0.2, 0.25) is 0 Å². The van der Waals surface area contributed by atoms with E-state index in [0.717, 1.165) is 12.1 Å². The molecule has 37 heavy (non-hydrogen) atoms. The fourth-order valence-electron chi connectivity index (χ4n) is 6.73. The summed E-state index contributed by atoms with van der Waals surface area (Å²) >= 11 is 0. The van der Waals surface area contributed by atoms with Crippen molar-refractivity contribution in [3.63, 3.8) is 0 Å². The molecular weight excluding hydrogens is 450 g/mol. The van der Waals surface area contributed by atoms with E-state index in [4.69, 9.17) is 4.98 Å². The van der Waals surface area contributed by atoms with Crippen LogP contribution < -0.4 is 0 Å². The zero-order valence-corrected chi connectivity index (χ0v) is 20.0. The molecule has 1 aliphatic rings. The Morgan fingerprint density at radius 2 is 1.41 bits per heavy atom. The molecule has 0 N–H and O–H groups in total. The maximum absolute atomic E-state index is 4.96. The standard InChI is InChI=1S/C34H21N3/c1-2-9-22(10-3-1)37-29-13-7-6-12-27(29)31-30(37)17-16-25-26-15-14-24-23-11-5-4-8-21(23)20-28(24)33(26)36-19-18-35-34(36)32(25)31/h1-19H,20H2. The normalized spacial score (nSPS) is 12.8. The van der Waals surface area contributed by atoms with Crippen molar-refractivity contribution in [1.29, 1.82) is 0 Å². The van der Waals surface area contributed by atoms with Gasteiger partial charge >= 0.3 is 0 Å². The van der Waals surface area contributed by atoms with Gasteiger partial charge in [0.25, 0.3) is 0 Å². The van der Waals surface area contributed by atoms with Gasteiger partial charge in [0, 0.05) is 46.0 Å². The number of hydrogen-bond donors (Lipinski definition) is 0. The number of aromatic nitrogens is 3. The van der Waals surface area contributed by atoms with E-state index in [0.29, 0.717) is 0 Å². The van der Waals surface area contributed by atoms with Gasteiger partial charge in [0.1, 0.15) is 5.65 Å². The largest absolute Gasteiger partial charge is 0.309 e. The topological polar surface area (TPSA) is 22.2 Å². The molecule has 5 aromatic carbocycles. The summed E-state index contributed by atoms with van der Waals surface area (Å²) in [5, 5.41) is 6.28. The number of pyridine rings is 1. The third-order valence-electron chi connectivity index (χ3n) is 8.21. The number of fused-ring (bicyclic) bond motifs is 14. The molecule has 0 atom stereocenters. The van der Waals surface area contributed by atoms with Crippen molar-refractivity contribution < 1.29 is 0 Å². The molecule has 1 aliphatic carbocycles. The van der Waals surface area contributed by atoms with Crippen LogP contribution in [0.15, 0.2) is 116 Å². The first-order chi connectivity index (χ1) is 18.4. The van der Waals surface area contributed by atoms with E-state index < -0.39 is 0 Å². The molecule has 3 heterocycles. The molecule has 0 unspecified atom stereocenters. The second-order valence-corrected chi connectivity index (χ2v) is 10.0. The molecule has 8 aromatic rings. The number of imidazole rings is 1. The van der Waals surface area contributed by atoms with Gasteiger partial charge in [-0.3, -0.25) is 4.40 Å². The molecule has 3 nitrogen and oxygen atoms in total. The number of nitrogens with zero attached hydrogens (tertiary/aromatic N) is 3. The summed E-state index contributed by atoms with van der Waals surface area (Å²) < 4.78 is 4.71. The molecule has 0 saturated heterocycles. The minimum atomic E-state index is 0.956. The van der Waals surface area contributed by atoms with Crippen LogP contribution in [0.1, 0.15) is 11.1 Å². The number of rotatable bonds is 1. The van der Waals surface area contributed by atoms with E-state index in [2.05, 4.69) is 118 Å². The van der Waals surface area contributed by atoms with E-state index >= 15 is 0 Å². The first-order valence-electron chi connectivity index (χ1n) is 12.8. The van der Waals surface area contributed by atoms with Crippen molar-refractivity contribution in [1.82, 2.24) is 14.0 Å². The van der Waals surface area contributed by atoms with Gasteiger partial charge in [-0.25, -0.2) is 4.98 Å². The highest BCUT2D eigenvalue weighted by atomic mass is 15.0. The minimum absolute atomic E-state index is 0.956. The molecule has 0 radical (unpaired) electrons. The van der Waals surface area contributed by atoms with Crippen molar-refractivity contribution in [3.8, 4) is 16.8 Å². The van der Waals surface area contributed by atoms with Gasteiger partial charge in [-0.2, -0.15) is 0 Å². The molecule has 0 bridgehead atoms. The number of para-hydroxylation sites is 2. The van der Waals surface area contributed by atoms with Crippen molar-refractivity contribution in [2.75, 3.05) is 0 Å². The number of hydrogen-bond acceptors (Lipinski definition) is 1. The van der Waals surface area contributed by atoms with Crippen molar-refractivity contribution >= 4 is 49.1 Å². The SMILES string of the molecule is c1ccc(-n2c3ccccc3c3c4c(ccc32)c2ccc3c(c2n2ccnc42)Cc2ccccc2-3)cc1. The fourth-order valence-corrected chi connectivity index (χ4v) is 6.73. The van der Waals surface area contributed by atoms with E-state index in [1.165, 1.54) is 71.4 Å². The Morgan fingerprint density at radius 1 is 0.595 bits per heavy atom. The van der Waals surface area contributed by atoms with Crippen molar-refractivity contribution in [2.45, 2.75) is 6.42 Å². The summed E-state index contributed by atoms with van der Waals surface area (Å²) in [7, 11) is 0. The smallest absolute Gasteiger partial charge is 0.145 e. The summed E-state index contributed by atoms with van der Waals surface area (Å²) in [6, 6.07) is 37.4. The summed E-state index contributed by atoms with van der Waals surface area (Å²) in [5.74, 6) is 0. The zero-order valence-electron chi connectivity index (χ0n) is 20.0. The second kappa shape index (κ2) is 6.86. The van der Waals surface area contributed by atoms with Gasteiger partial charge in [0.05, 0.1) is 16.6 Å². The zero-order chi connectivity index (χ0) is 24.1. The van der Waals surface area contributed by atoms with Crippen LogP contribution in [0.4, 0.5) is 0 Å². The van der Waals surface area contributed by atoms with Crippen LogP contribution in [0.3, 0.4) is 0 Å². The molecule has 0 amide bonds. The molecule has 0 spiro atoms. The van der Waals surface area contributed by atoms with Crippen LogP contribution in [0.2, 0.25) is 0 Å². The monoisotopic (exact) mass is 471 g/mol. The average molecular weight is 472 g/mol. The maximum Gasteiger partial charge on any atom is 0.145 e. The van der Waals surface area contributed by atoms with E-state index in [1.54, 1.807) is 0 Å². The first kappa shape index (κ1) is 19.3. The molecule has 3 aromatic heterocycles. The molecule has 0 fully saturated rings. The van der Waals surface area contributed by atoms with Crippen LogP contribution in [0.5, 0.6) is 0 Å². The molecule has 0 saturated carbocycles. The predicted molar refractivity (Wildman–Crippen MR) is 153 cm³/mol. The maximum atomic E-state index is 4.96. The lowest BCUT2D eigenvalue weighted by atomic mass is 9.97. The first-order valence-corrected chi connectivity index (χ1v) is 12.8. The molecule has 3 heteroatoms. The molecular formula is C34H21N3. The third kappa shape index (κ3) is 2.39. The summed E-state index contributed by atoms with van der Waals surface area (Å²) in [6.07, 6.45) is 5.04. The summed E-state index contributed by atoms with van der Waals surface area (Å²) in [6.45, 7) is 0. The van der Waals surface area contributed by atoms with E-state index in [1.807, 2.05) is 6.20 Å². The lowest BCUT2D eigenvalue weighted by Gasteiger charge is -2.14. The Hall–Kier alpha value is -4.89. The Morgan fingerprint density at radius 3 is 2.35 bits per heavy atom. The van der Waals surface area contributed by atoms with E-state index in [9.17, 15) is 0 Å². The minimum Gasteiger partial charge on any atom is -0.309 e. The quantitative estimate of drug-likeness (QED) is 0.221. The highest BCUT2D eigenvalue weighted by molar-refractivity contribution is 6.29. The van der Waals surface area contributed by atoms with Crippen molar-refractivity contribution in [2.24, 2.45) is 0 Å². The van der Waals surface area contributed by atoms with Crippen LogP contribution in [-0.2, 0) is 6.42 Å². The Balaban J connectivity index is 1.50. The average Bonchev–Trinajstić information content (AvgIpc) is 3.67. The van der Waals surface area contributed by atoms with Crippen LogP contribution in [-0.4, -0.2) is 14.0 Å². The van der Waals surface area contributed by atoms with Gasteiger partial charge in [-0.15, -0.1) is 0 Å². The molecule has 172 valence electrons. The Labute approximate surface area is 212 Å². The van der Waals surface area contributed by atoms with Crippen molar-refractivity contribution in [3.05, 3.63) is 127 Å². The Bertz CT molecular complexity index is 2210. The Kier molecular flexibility index (Phi) is 3.58. The van der Waals surface area contributed by atoms with Crippen LogP contribution >= 0.6 is 0 Å². The summed E-state index contributed by atoms with van der Waals surface area (Å²) in [5.41, 5.74) is 11.4. The molecule has 0 aliphatic heterocycles.